The van der Waals surface area contributed by atoms with Crippen LogP contribution in [0.5, 0.6) is 0 Å². The molecule has 1 aliphatic rings. The quantitative estimate of drug-likeness (QED) is 0.698. The minimum Gasteiger partial charge on any atom is -0.465 e. The van der Waals surface area contributed by atoms with Crippen LogP contribution in [-0.2, 0) is 0 Å². The molecule has 0 aromatic rings. The zero-order valence-electron chi connectivity index (χ0n) is 6.82. The van der Waals surface area contributed by atoms with E-state index < -0.39 is 11.0 Å². The predicted octanol–water partition coefficient (Wildman–Crippen LogP) is 1.82. The summed E-state index contributed by atoms with van der Waals surface area (Å²) in [6.07, 6.45) is -0.129. The third-order valence-corrected chi connectivity index (χ3v) is 4.10. The molecule has 3 nitrogen and oxygen atoms in total. The lowest BCUT2D eigenvalue weighted by atomic mass is 10.2. The van der Waals surface area contributed by atoms with Gasteiger partial charge in [0, 0.05) is 17.7 Å². The molecule has 1 fully saturated rings. The molecule has 1 aliphatic heterocycles. The third kappa shape index (κ3) is 1.43. The Hall–Kier alpha value is -0.290. The van der Waals surface area contributed by atoms with Gasteiger partial charge in [0.05, 0.1) is 0 Å². The predicted molar refractivity (Wildman–Crippen MR) is 53.9 cm³/mol. The van der Waals surface area contributed by atoms with Gasteiger partial charge in [-0.3, -0.25) is 4.90 Å². The number of hydrogen-bond donors (Lipinski definition) is 1. The van der Waals surface area contributed by atoms with E-state index in [1.54, 1.807) is 17.1 Å². The molecule has 5 heteroatoms. The van der Waals surface area contributed by atoms with E-state index in [0.717, 1.165) is 12.2 Å². The first-order valence-corrected chi connectivity index (χ1v) is 5.23. The van der Waals surface area contributed by atoms with E-state index in [0.29, 0.717) is 6.54 Å². The largest absolute Gasteiger partial charge is 0.465 e. The van der Waals surface area contributed by atoms with Gasteiger partial charge in [-0.15, -0.1) is 11.8 Å². The van der Waals surface area contributed by atoms with E-state index in [4.69, 9.17) is 17.3 Å². The van der Waals surface area contributed by atoms with Crippen molar-refractivity contribution in [1.82, 2.24) is 4.90 Å². The van der Waals surface area contributed by atoms with Crippen LogP contribution in [0.25, 0.3) is 0 Å². The minimum absolute atomic E-state index is 0.443. The van der Waals surface area contributed by atoms with Crippen molar-refractivity contribution in [1.29, 1.82) is 0 Å². The molecule has 12 heavy (non-hydrogen) atoms. The van der Waals surface area contributed by atoms with Crippen LogP contribution < -0.4 is 0 Å². The summed E-state index contributed by atoms with van der Waals surface area (Å²) in [5.74, 6) is 0.841. The van der Waals surface area contributed by atoms with Crippen LogP contribution in [0.2, 0.25) is 0 Å². The van der Waals surface area contributed by atoms with Crippen molar-refractivity contribution >= 4 is 35.4 Å². The van der Waals surface area contributed by atoms with E-state index in [1.165, 1.54) is 4.90 Å². The molecule has 0 saturated carbocycles. The normalized spacial score (nSPS) is 28.9. The Labute approximate surface area is 81.1 Å². The van der Waals surface area contributed by atoms with Crippen molar-refractivity contribution in [2.45, 2.75) is 18.2 Å². The highest BCUT2D eigenvalue weighted by molar-refractivity contribution is 8.02. The third-order valence-electron chi connectivity index (χ3n) is 2.05. The lowest BCUT2D eigenvalue weighted by molar-refractivity contribution is 0.138. The number of nitrogens with zero attached hydrogens (tertiary/aromatic N) is 1. The molecule has 0 aromatic heterocycles. The number of thioether (sulfide) groups is 1. The maximum absolute atomic E-state index is 10.8. The summed E-state index contributed by atoms with van der Waals surface area (Å²) in [4.78, 5) is 11.8. The second-order valence-electron chi connectivity index (χ2n) is 2.60. The van der Waals surface area contributed by atoms with E-state index in [1.807, 2.05) is 6.92 Å². The van der Waals surface area contributed by atoms with Crippen molar-refractivity contribution in [2.24, 2.45) is 0 Å². The van der Waals surface area contributed by atoms with Crippen molar-refractivity contribution in [3.05, 3.63) is 0 Å². The second kappa shape index (κ2) is 3.62. The Bertz CT molecular complexity index is 210. The SMILES string of the molecule is CCC1(C=S)SCCN1C(=O)O. The van der Waals surface area contributed by atoms with Crippen molar-refractivity contribution in [3.8, 4) is 0 Å². The van der Waals surface area contributed by atoms with Crippen LogP contribution in [0.3, 0.4) is 0 Å². The Morgan fingerprint density at radius 1 is 1.92 bits per heavy atom. The molecule has 1 N–H and O–H groups in total. The van der Waals surface area contributed by atoms with Crippen LogP contribution in [0.15, 0.2) is 0 Å². The number of carboxylic acid groups (broad SMARTS) is 1. The first-order valence-electron chi connectivity index (χ1n) is 3.77. The van der Waals surface area contributed by atoms with Gasteiger partial charge in [-0.1, -0.05) is 19.1 Å². The van der Waals surface area contributed by atoms with Gasteiger partial charge in [0.2, 0.25) is 0 Å². The van der Waals surface area contributed by atoms with E-state index in [2.05, 4.69) is 0 Å². The van der Waals surface area contributed by atoms with Crippen LogP contribution >= 0.6 is 24.0 Å². The molecule has 0 aliphatic carbocycles. The fraction of sp³-hybridized carbons (Fsp3) is 0.714. The highest BCUT2D eigenvalue weighted by Gasteiger charge is 2.41. The van der Waals surface area contributed by atoms with Gasteiger partial charge in [0.25, 0.3) is 0 Å². The second-order valence-corrected chi connectivity index (χ2v) is 4.24. The van der Waals surface area contributed by atoms with Gasteiger partial charge in [-0.2, -0.15) is 0 Å². The standard InChI is InChI=1S/C7H11NO2S2/c1-2-7(5-11)8(6(9)10)3-4-12-7/h5H,2-4H2,1H3,(H,9,10). The maximum Gasteiger partial charge on any atom is 0.408 e. The van der Waals surface area contributed by atoms with Crippen molar-refractivity contribution in [2.75, 3.05) is 12.3 Å². The highest BCUT2D eigenvalue weighted by atomic mass is 32.2. The van der Waals surface area contributed by atoms with E-state index in [9.17, 15) is 4.79 Å². The zero-order chi connectivity index (χ0) is 9.19. The van der Waals surface area contributed by atoms with Gasteiger partial charge in [-0.25, -0.2) is 4.79 Å². The summed E-state index contributed by atoms with van der Waals surface area (Å²) >= 11 is 6.48. The van der Waals surface area contributed by atoms with Crippen LogP contribution in [0.1, 0.15) is 13.3 Å². The number of carbonyl (C=O) groups is 1. The average molecular weight is 205 g/mol. The Morgan fingerprint density at radius 2 is 2.58 bits per heavy atom. The van der Waals surface area contributed by atoms with Crippen molar-refractivity contribution in [3.63, 3.8) is 0 Å². The summed E-state index contributed by atoms with van der Waals surface area (Å²) in [5, 5.41) is 10.4. The molecule has 1 saturated heterocycles. The van der Waals surface area contributed by atoms with E-state index >= 15 is 0 Å². The van der Waals surface area contributed by atoms with Gasteiger partial charge in [0.15, 0.2) is 0 Å². The van der Waals surface area contributed by atoms with E-state index in [-0.39, 0.29) is 0 Å². The maximum atomic E-state index is 10.8. The van der Waals surface area contributed by atoms with Crippen LogP contribution in [0.4, 0.5) is 4.79 Å². The molecule has 0 spiro atoms. The van der Waals surface area contributed by atoms with Crippen molar-refractivity contribution < 1.29 is 9.90 Å². The molecule has 1 heterocycles. The van der Waals surface area contributed by atoms with Crippen LogP contribution in [0, 0.1) is 0 Å². The molecule has 0 radical (unpaired) electrons. The fourth-order valence-corrected chi connectivity index (χ4v) is 3.04. The smallest absolute Gasteiger partial charge is 0.408 e. The summed E-state index contributed by atoms with van der Waals surface area (Å²) in [5.41, 5.74) is 0. The average Bonchev–Trinajstić information content (AvgIpc) is 2.48. The first-order chi connectivity index (χ1) is 5.66. The number of amides is 1. The molecular formula is C7H11NO2S2. The number of rotatable bonds is 2. The molecule has 1 atom stereocenters. The molecule has 1 rings (SSSR count). The lowest BCUT2D eigenvalue weighted by Gasteiger charge is -2.30. The molecular weight excluding hydrogens is 194 g/mol. The zero-order valence-corrected chi connectivity index (χ0v) is 8.45. The van der Waals surface area contributed by atoms with Gasteiger partial charge in [-0.05, 0) is 6.42 Å². The van der Waals surface area contributed by atoms with Gasteiger partial charge in [0.1, 0.15) is 4.87 Å². The molecule has 1 unspecified atom stereocenters. The van der Waals surface area contributed by atoms with Gasteiger partial charge < -0.3 is 5.11 Å². The minimum atomic E-state index is -0.872. The molecule has 0 bridgehead atoms. The highest BCUT2D eigenvalue weighted by Crippen LogP contribution is 2.37. The number of hydrogen-bond acceptors (Lipinski definition) is 3. The summed E-state index contributed by atoms with van der Waals surface area (Å²) in [7, 11) is 0. The fourth-order valence-electron chi connectivity index (χ4n) is 1.31. The number of thiocarbonyl (C=S) groups is 1. The first kappa shape index (κ1) is 9.80. The Kier molecular flexibility index (Phi) is 2.95. The molecule has 68 valence electrons. The van der Waals surface area contributed by atoms with Gasteiger partial charge >= 0.3 is 6.09 Å². The topological polar surface area (TPSA) is 40.5 Å². The Balaban J connectivity index is 2.86. The summed E-state index contributed by atoms with van der Waals surface area (Å²) in [6.45, 7) is 2.54. The molecule has 1 amide bonds. The Morgan fingerprint density at radius 3 is 2.92 bits per heavy atom. The van der Waals surface area contributed by atoms with Crippen LogP contribution in [-0.4, -0.2) is 38.6 Å². The summed E-state index contributed by atoms with van der Waals surface area (Å²) in [6, 6.07) is 0. The lowest BCUT2D eigenvalue weighted by Crippen LogP contribution is -2.45. The summed E-state index contributed by atoms with van der Waals surface area (Å²) < 4.78 is 0. The monoisotopic (exact) mass is 205 g/mol. The molecule has 0 aromatic carbocycles.